The maximum Gasteiger partial charge on any atom is 0.0447 e. The molecule has 1 unspecified atom stereocenters. The Hall–Kier alpha value is -0.373. The first-order chi connectivity index (χ1) is 7.72. The smallest absolute Gasteiger partial charge is 0.0447 e. The molecule has 0 aliphatic heterocycles. The highest BCUT2D eigenvalue weighted by Crippen LogP contribution is 2.09. The van der Waals surface area contributed by atoms with Gasteiger partial charge >= 0.3 is 0 Å². The monoisotopic (exact) mass is 239 g/mol. The Labute approximate surface area is 104 Å². The summed E-state index contributed by atoms with van der Waals surface area (Å²) in [5.74, 6) is 0. The van der Waals surface area contributed by atoms with Crippen LogP contribution in [0.3, 0.4) is 0 Å². The van der Waals surface area contributed by atoms with Crippen molar-refractivity contribution in [1.29, 1.82) is 0 Å². The summed E-state index contributed by atoms with van der Waals surface area (Å²) in [5, 5.41) is 0. The van der Waals surface area contributed by atoms with Gasteiger partial charge in [-0.05, 0) is 6.42 Å². The van der Waals surface area contributed by atoms with Gasteiger partial charge in [-0.1, -0.05) is 58.2 Å². The highest BCUT2D eigenvalue weighted by molar-refractivity contribution is 6.61. The molecule has 0 aliphatic rings. The van der Waals surface area contributed by atoms with E-state index >= 15 is 0 Å². The first-order valence-electron chi connectivity index (χ1n) is 6.84. The van der Waals surface area contributed by atoms with Gasteiger partial charge in [0.15, 0.2) is 0 Å². The molecule has 0 fully saturated rings. The molecule has 2 heteroatoms. The summed E-state index contributed by atoms with van der Waals surface area (Å²) in [6.07, 6.45) is 12.3. The predicted molar refractivity (Wildman–Crippen MR) is 79.6 cm³/mol. The lowest BCUT2D eigenvalue weighted by Gasteiger charge is -2.08. The number of rotatable bonds is 10. The van der Waals surface area contributed by atoms with Crippen molar-refractivity contribution in [3.63, 3.8) is 0 Å². The lowest BCUT2D eigenvalue weighted by molar-refractivity contribution is 0.612. The van der Waals surface area contributed by atoms with Gasteiger partial charge < -0.3 is 0 Å². The summed E-state index contributed by atoms with van der Waals surface area (Å²) < 4.78 is 0. The van der Waals surface area contributed by atoms with Crippen LogP contribution in [-0.4, -0.2) is 21.6 Å². The summed E-state index contributed by atoms with van der Waals surface area (Å²) in [6, 6.07) is 0. The quantitative estimate of drug-likeness (QED) is 0.231. The van der Waals surface area contributed by atoms with Crippen molar-refractivity contribution in [1.82, 2.24) is 0 Å². The fourth-order valence-electron chi connectivity index (χ4n) is 1.68. The van der Waals surface area contributed by atoms with Crippen LogP contribution in [0.4, 0.5) is 0 Å². The lowest BCUT2D eigenvalue weighted by atomic mass is 10.1. The van der Waals surface area contributed by atoms with Gasteiger partial charge in [0.25, 0.3) is 0 Å². The van der Waals surface area contributed by atoms with Crippen LogP contribution < -0.4 is 0 Å². The summed E-state index contributed by atoms with van der Waals surface area (Å²) in [4.78, 5) is 4.52. The molecule has 94 valence electrons. The summed E-state index contributed by atoms with van der Waals surface area (Å²) in [7, 11) is -0.627. The van der Waals surface area contributed by atoms with Crippen molar-refractivity contribution >= 4 is 15.0 Å². The number of hydrogen-bond acceptors (Lipinski definition) is 1. The van der Waals surface area contributed by atoms with Gasteiger partial charge in [0.05, 0.1) is 0 Å². The molecule has 0 aromatic heterocycles. The Bertz CT molecular complexity index is 187. The third-order valence-corrected chi connectivity index (χ3v) is 4.94. The zero-order chi connectivity index (χ0) is 12.2. The molecule has 0 N–H and O–H groups in total. The van der Waals surface area contributed by atoms with Gasteiger partial charge in [0.1, 0.15) is 0 Å². The van der Waals surface area contributed by atoms with Crippen molar-refractivity contribution in [3.05, 3.63) is 12.7 Å². The van der Waals surface area contributed by atoms with Crippen molar-refractivity contribution in [2.75, 3.05) is 6.54 Å². The molecular weight excluding hydrogens is 210 g/mol. The molecule has 0 saturated carbocycles. The average molecular weight is 239 g/mol. The lowest BCUT2D eigenvalue weighted by Crippen LogP contribution is -2.10. The molecule has 0 radical (unpaired) electrons. The zero-order valence-corrected chi connectivity index (χ0v) is 12.6. The average Bonchev–Trinajstić information content (AvgIpc) is 2.26. The van der Waals surface area contributed by atoms with Gasteiger partial charge in [-0.2, -0.15) is 0 Å². The molecule has 0 saturated heterocycles. The normalized spacial score (nSPS) is 13.5. The minimum atomic E-state index is -0.627. The first-order valence-corrected chi connectivity index (χ1v) is 9.82. The Balaban J connectivity index is 3.42. The number of unbranched alkanes of at least 4 members (excludes halogenated alkanes) is 5. The van der Waals surface area contributed by atoms with E-state index in [1.54, 1.807) is 0 Å². The minimum Gasteiger partial charge on any atom is -0.297 e. The van der Waals surface area contributed by atoms with Crippen LogP contribution in [0.1, 0.15) is 45.4 Å². The van der Waals surface area contributed by atoms with Crippen molar-refractivity contribution in [2.45, 2.75) is 64.1 Å². The summed E-state index contributed by atoms with van der Waals surface area (Å²) >= 11 is 0. The number of nitrogens with zero attached hydrogens (tertiary/aromatic N) is 1. The van der Waals surface area contributed by atoms with E-state index in [1.807, 2.05) is 0 Å². The zero-order valence-electron chi connectivity index (χ0n) is 11.4. The fourth-order valence-corrected chi connectivity index (χ4v) is 2.70. The minimum absolute atomic E-state index is 0.583. The highest BCUT2D eigenvalue weighted by atomic mass is 28.3. The van der Waals surface area contributed by atoms with E-state index in [1.165, 1.54) is 38.5 Å². The van der Waals surface area contributed by atoms with E-state index in [9.17, 15) is 0 Å². The molecule has 0 bridgehead atoms. The Morgan fingerprint density at radius 2 is 1.75 bits per heavy atom. The number of aliphatic imine (C=N–C) groups is 1. The molecule has 0 rings (SSSR count). The van der Waals surface area contributed by atoms with E-state index < -0.39 is 8.80 Å². The van der Waals surface area contributed by atoms with Crippen molar-refractivity contribution in [3.8, 4) is 0 Å². The van der Waals surface area contributed by atoms with E-state index in [-0.39, 0.29) is 0 Å². The second kappa shape index (κ2) is 11.1. The Morgan fingerprint density at radius 1 is 1.12 bits per heavy atom. The van der Waals surface area contributed by atoms with Crippen molar-refractivity contribution in [2.24, 2.45) is 4.99 Å². The third-order valence-electron chi connectivity index (χ3n) is 2.96. The molecule has 0 amide bonds. The van der Waals surface area contributed by atoms with Gasteiger partial charge in [-0.25, -0.2) is 0 Å². The second-order valence-corrected chi connectivity index (χ2v) is 8.14. The number of allylic oxidation sites excluding steroid dienone is 1. The van der Waals surface area contributed by atoms with Crippen LogP contribution in [0.5, 0.6) is 0 Å². The molecular formula is C14H29NSi. The van der Waals surface area contributed by atoms with Gasteiger partial charge in [0, 0.05) is 27.1 Å². The molecule has 0 aromatic rings. The van der Waals surface area contributed by atoms with E-state index in [0.717, 1.165) is 6.54 Å². The van der Waals surface area contributed by atoms with Crippen LogP contribution in [0, 0.1) is 0 Å². The van der Waals surface area contributed by atoms with Crippen LogP contribution in [-0.2, 0) is 0 Å². The topological polar surface area (TPSA) is 12.4 Å². The van der Waals surface area contributed by atoms with E-state index in [4.69, 9.17) is 0 Å². The fraction of sp³-hybridized carbons (Fsp3) is 0.786. The molecule has 16 heavy (non-hydrogen) atoms. The largest absolute Gasteiger partial charge is 0.297 e. The molecule has 0 heterocycles. The standard InChI is InChI=1S/C14H29NSi/c1-5-7-8-9-10-11-12-15-13-14(6-2)16(3)4/h6,13-14,16H,2,5,7-12H2,1,3-4H3. The second-order valence-electron chi connectivity index (χ2n) is 4.88. The summed E-state index contributed by atoms with van der Waals surface area (Å²) in [6.45, 7) is 11.8. The van der Waals surface area contributed by atoms with Gasteiger partial charge in [0.2, 0.25) is 0 Å². The molecule has 0 aliphatic carbocycles. The molecule has 0 spiro atoms. The predicted octanol–water partition coefficient (Wildman–Crippen LogP) is 4.46. The molecule has 0 aromatic carbocycles. The van der Waals surface area contributed by atoms with E-state index in [2.05, 4.69) is 43.9 Å². The first kappa shape index (κ1) is 15.6. The Kier molecular flexibility index (Phi) is 10.9. The third kappa shape index (κ3) is 8.90. The molecule has 1 nitrogen and oxygen atoms in total. The SMILES string of the molecule is C=CC(C=NCCCCCCCC)[SiH](C)C. The van der Waals surface area contributed by atoms with E-state index in [0.29, 0.717) is 5.54 Å². The van der Waals surface area contributed by atoms with Gasteiger partial charge in [-0.3, -0.25) is 4.99 Å². The van der Waals surface area contributed by atoms with Gasteiger partial charge in [-0.15, -0.1) is 6.58 Å². The maximum absolute atomic E-state index is 4.52. The number of hydrogen-bond donors (Lipinski definition) is 0. The molecule has 1 atom stereocenters. The van der Waals surface area contributed by atoms with Crippen molar-refractivity contribution < 1.29 is 0 Å². The summed E-state index contributed by atoms with van der Waals surface area (Å²) in [5.41, 5.74) is 0.583. The van der Waals surface area contributed by atoms with Crippen LogP contribution in [0.25, 0.3) is 0 Å². The highest BCUT2D eigenvalue weighted by Gasteiger charge is 2.05. The van der Waals surface area contributed by atoms with Crippen LogP contribution in [0.2, 0.25) is 18.6 Å². The Morgan fingerprint density at radius 3 is 2.31 bits per heavy atom. The van der Waals surface area contributed by atoms with Crippen LogP contribution in [0.15, 0.2) is 17.6 Å². The van der Waals surface area contributed by atoms with Crippen LogP contribution >= 0.6 is 0 Å². The maximum atomic E-state index is 4.52.